The fourth-order valence-corrected chi connectivity index (χ4v) is 3.76. The second-order valence-electron chi connectivity index (χ2n) is 6.02. The number of nitrogens with zero attached hydrogens (tertiary/aromatic N) is 3. The molecule has 0 aliphatic heterocycles. The standard InChI is InChI=1S/C20H16N4O2S/c1-12-8-21-6-5-15(12)20(25)24-19-4-3-14(9-23-19)16-7-18(27-13(16)2)17-10-22-11-26-17/h3-11H,1-2H3,(H,23,24,25). The van der Waals surface area contributed by atoms with Gasteiger partial charge in [-0.25, -0.2) is 9.97 Å². The Morgan fingerprint density at radius 2 is 2.00 bits per heavy atom. The maximum absolute atomic E-state index is 12.4. The normalized spacial score (nSPS) is 10.7. The molecule has 0 aliphatic carbocycles. The number of carbonyl (C=O) groups excluding carboxylic acids is 1. The summed E-state index contributed by atoms with van der Waals surface area (Å²) in [7, 11) is 0. The van der Waals surface area contributed by atoms with E-state index in [0.29, 0.717) is 11.4 Å². The molecule has 0 saturated heterocycles. The number of anilines is 1. The third-order valence-corrected chi connectivity index (χ3v) is 5.24. The maximum atomic E-state index is 12.4. The molecule has 4 aromatic rings. The van der Waals surface area contributed by atoms with Gasteiger partial charge in [0, 0.05) is 34.6 Å². The van der Waals surface area contributed by atoms with Crippen LogP contribution in [0.4, 0.5) is 5.82 Å². The summed E-state index contributed by atoms with van der Waals surface area (Å²) in [5.41, 5.74) is 3.47. The van der Waals surface area contributed by atoms with Crippen molar-refractivity contribution in [2.24, 2.45) is 0 Å². The van der Waals surface area contributed by atoms with Crippen LogP contribution in [-0.2, 0) is 0 Å². The van der Waals surface area contributed by atoms with Crippen molar-refractivity contribution >= 4 is 23.1 Å². The van der Waals surface area contributed by atoms with Crippen LogP contribution in [-0.4, -0.2) is 20.9 Å². The zero-order valence-electron chi connectivity index (χ0n) is 14.8. The number of oxazole rings is 1. The molecule has 0 unspecified atom stereocenters. The lowest BCUT2D eigenvalue weighted by Gasteiger charge is -2.07. The molecule has 0 spiro atoms. The molecule has 4 rings (SSSR count). The van der Waals surface area contributed by atoms with Crippen molar-refractivity contribution in [1.29, 1.82) is 0 Å². The Kier molecular flexibility index (Phi) is 4.52. The molecular formula is C20H16N4O2S. The van der Waals surface area contributed by atoms with Gasteiger partial charge in [0.25, 0.3) is 5.91 Å². The average Bonchev–Trinajstić information content (AvgIpc) is 3.32. The predicted molar refractivity (Wildman–Crippen MR) is 105 cm³/mol. The van der Waals surface area contributed by atoms with Crippen molar-refractivity contribution in [2.75, 3.05) is 5.32 Å². The van der Waals surface area contributed by atoms with E-state index in [1.807, 2.05) is 13.0 Å². The average molecular weight is 376 g/mol. The molecule has 7 heteroatoms. The van der Waals surface area contributed by atoms with Gasteiger partial charge >= 0.3 is 0 Å². The van der Waals surface area contributed by atoms with Crippen molar-refractivity contribution < 1.29 is 9.21 Å². The lowest BCUT2D eigenvalue weighted by Crippen LogP contribution is -2.14. The third-order valence-electron chi connectivity index (χ3n) is 4.17. The molecule has 4 heterocycles. The molecule has 1 amide bonds. The molecule has 0 aliphatic rings. The van der Waals surface area contributed by atoms with Gasteiger partial charge < -0.3 is 9.73 Å². The summed E-state index contributed by atoms with van der Waals surface area (Å²) < 4.78 is 5.37. The second-order valence-corrected chi connectivity index (χ2v) is 7.28. The van der Waals surface area contributed by atoms with Crippen molar-refractivity contribution in [3.8, 4) is 21.8 Å². The molecule has 0 fully saturated rings. The van der Waals surface area contributed by atoms with Crippen molar-refractivity contribution in [2.45, 2.75) is 13.8 Å². The lowest BCUT2D eigenvalue weighted by atomic mass is 10.1. The molecule has 0 atom stereocenters. The molecular weight excluding hydrogens is 360 g/mol. The van der Waals surface area contributed by atoms with Gasteiger partial charge in [-0.1, -0.05) is 0 Å². The summed E-state index contributed by atoms with van der Waals surface area (Å²) in [5.74, 6) is 1.05. The van der Waals surface area contributed by atoms with Gasteiger partial charge in [0.1, 0.15) is 5.82 Å². The SMILES string of the molecule is Cc1cnccc1C(=O)Nc1ccc(-c2cc(-c3cnco3)sc2C)cn1. The summed E-state index contributed by atoms with van der Waals surface area (Å²) in [6.07, 6.45) is 8.15. The van der Waals surface area contributed by atoms with Crippen LogP contribution in [0, 0.1) is 13.8 Å². The van der Waals surface area contributed by atoms with E-state index in [-0.39, 0.29) is 5.91 Å². The summed E-state index contributed by atoms with van der Waals surface area (Å²) in [6, 6.07) is 7.51. The number of aryl methyl sites for hydroxylation is 2. The van der Waals surface area contributed by atoms with E-state index < -0.39 is 0 Å². The number of aromatic nitrogens is 3. The highest BCUT2D eigenvalue weighted by molar-refractivity contribution is 7.15. The highest BCUT2D eigenvalue weighted by Crippen LogP contribution is 2.36. The van der Waals surface area contributed by atoms with Gasteiger partial charge in [-0.3, -0.25) is 9.78 Å². The summed E-state index contributed by atoms with van der Waals surface area (Å²) >= 11 is 1.64. The zero-order valence-corrected chi connectivity index (χ0v) is 15.6. The highest BCUT2D eigenvalue weighted by Gasteiger charge is 2.13. The Bertz CT molecular complexity index is 1090. The van der Waals surface area contributed by atoms with E-state index in [1.54, 1.807) is 48.3 Å². The summed E-state index contributed by atoms with van der Waals surface area (Å²) in [5, 5.41) is 2.82. The van der Waals surface area contributed by atoms with Gasteiger partial charge in [-0.15, -0.1) is 11.3 Å². The predicted octanol–water partition coefficient (Wildman–Crippen LogP) is 4.73. The van der Waals surface area contributed by atoms with E-state index >= 15 is 0 Å². The number of pyridine rings is 2. The monoisotopic (exact) mass is 376 g/mol. The summed E-state index contributed by atoms with van der Waals surface area (Å²) in [4.78, 5) is 26.9. The first-order valence-corrected chi connectivity index (χ1v) is 9.11. The summed E-state index contributed by atoms with van der Waals surface area (Å²) in [6.45, 7) is 3.91. The van der Waals surface area contributed by atoms with Gasteiger partial charge in [-0.05, 0) is 49.2 Å². The molecule has 0 aromatic carbocycles. The quantitative estimate of drug-likeness (QED) is 0.557. The van der Waals surface area contributed by atoms with Gasteiger partial charge in [0.2, 0.25) is 0 Å². The van der Waals surface area contributed by atoms with Crippen molar-refractivity contribution in [3.63, 3.8) is 0 Å². The Hall–Kier alpha value is -3.32. The second kappa shape index (κ2) is 7.13. The van der Waals surface area contributed by atoms with Crippen LogP contribution in [0.1, 0.15) is 20.8 Å². The topological polar surface area (TPSA) is 80.9 Å². The third kappa shape index (κ3) is 3.50. The Morgan fingerprint density at radius 3 is 2.70 bits per heavy atom. The van der Waals surface area contributed by atoms with Gasteiger partial charge in [0.05, 0.1) is 11.1 Å². The fraction of sp³-hybridized carbons (Fsp3) is 0.100. The van der Waals surface area contributed by atoms with Crippen LogP contribution in [0.3, 0.4) is 0 Å². The lowest BCUT2D eigenvalue weighted by molar-refractivity contribution is 0.102. The van der Waals surface area contributed by atoms with E-state index in [0.717, 1.165) is 32.2 Å². The van der Waals surface area contributed by atoms with Crippen LogP contribution >= 0.6 is 11.3 Å². The maximum Gasteiger partial charge on any atom is 0.257 e. The molecule has 4 aromatic heterocycles. The Labute approximate surface area is 160 Å². The fourth-order valence-electron chi connectivity index (χ4n) is 2.77. The molecule has 134 valence electrons. The van der Waals surface area contributed by atoms with Crippen LogP contribution in [0.25, 0.3) is 21.8 Å². The smallest absolute Gasteiger partial charge is 0.257 e. The van der Waals surface area contributed by atoms with E-state index in [9.17, 15) is 4.79 Å². The number of rotatable bonds is 4. The highest BCUT2D eigenvalue weighted by atomic mass is 32.1. The first-order chi connectivity index (χ1) is 13.1. The molecule has 0 radical (unpaired) electrons. The van der Waals surface area contributed by atoms with E-state index in [2.05, 4.69) is 33.3 Å². The number of nitrogens with one attached hydrogen (secondary N) is 1. The zero-order chi connectivity index (χ0) is 18.8. The first-order valence-electron chi connectivity index (χ1n) is 8.29. The first kappa shape index (κ1) is 17.1. The van der Waals surface area contributed by atoms with Crippen molar-refractivity contribution in [3.05, 3.63) is 71.5 Å². The van der Waals surface area contributed by atoms with E-state index in [1.165, 1.54) is 6.39 Å². The van der Waals surface area contributed by atoms with Crippen LogP contribution < -0.4 is 5.32 Å². The minimum absolute atomic E-state index is 0.200. The molecule has 6 nitrogen and oxygen atoms in total. The van der Waals surface area contributed by atoms with Gasteiger partial charge in [0.15, 0.2) is 12.2 Å². The van der Waals surface area contributed by atoms with Crippen molar-refractivity contribution in [1.82, 2.24) is 15.0 Å². The molecule has 0 saturated carbocycles. The number of thiophene rings is 1. The number of carbonyl (C=O) groups is 1. The van der Waals surface area contributed by atoms with Crippen LogP contribution in [0.15, 0.2) is 59.9 Å². The number of hydrogen-bond acceptors (Lipinski definition) is 6. The van der Waals surface area contributed by atoms with Crippen LogP contribution in [0.2, 0.25) is 0 Å². The minimum Gasteiger partial charge on any atom is -0.443 e. The molecule has 0 bridgehead atoms. The Balaban J connectivity index is 1.55. The largest absolute Gasteiger partial charge is 0.443 e. The molecule has 1 N–H and O–H groups in total. The van der Waals surface area contributed by atoms with Crippen LogP contribution in [0.5, 0.6) is 0 Å². The van der Waals surface area contributed by atoms with E-state index in [4.69, 9.17) is 4.42 Å². The molecule has 27 heavy (non-hydrogen) atoms. The number of hydrogen-bond donors (Lipinski definition) is 1. The number of amides is 1. The van der Waals surface area contributed by atoms with Gasteiger partial charge in [-0.2, -0.15) is 0 Å². The minimum atomic E-state index is -0.200. The Morgan fingerprint density at radius 1 is 1.11 bits per heavy atom.